The van der Waals surface area contributed by atoms with Crippen LogP contribution in [-0.4, -0.2) is 40.5 Å². The Hall–Kier alpha value is -0.790. The van der Waals surface area contributed by atoms with Crippen LogP contribution in [0.2, 0.25) is 0 Å². The molecule has 6 N–H and O–H groups in total. The molecule has 13 heavy (non-hydrogen) atoms. The van der Waals surface area contributed by atoms with Crippen LogP contribution in [0.5, 0.6) is 0 Å². The maximum atomic E-state index is 9.76. The third-order valence-electron chi connectivity index (χ3n) is 0.872. The van der Waals surface area contributed by atoms with E-state index in [2.05, 4.69) is 12.6 Å². The lowest BCUT2D eigenvalue weighted by atomic mass is 10.4. The van der Waals surface area contributed by atoms with Gasteiger partial charge >= 0.3 is 11.9 Å². The van der Waals surface area contributed by atoms with E-state index in [1.165, 1.54) is 0 Å². The molecule has 0 aliphatic carbocycles. The van der Waals surface area contributed by atoms with Gasteiger partial charge in [0.15, 0.2) is 0 Å². The molecule has 7 heteroatoms. The maximum absolute atomic E-state index is 9.76. The number of carboxylic acid groups (broad SMARTS) is 2. The molecule has 0 unspecified atom stereocenters. The number of hydrogen-bond acceptors (Lipinski definition) is 5. The first-order chi connectivity index (χ1) is 5.95. The van der Waals surface area contributed by atoms with Gasteiger partial charge in [-0.15, -0.1) is 0 Å². The zero-order valence-electron chi connectivity index (χ0n) is 7.01. The first kappa shape index (κ1) is 14.7. The predicted molar refractivity (Wildman–Crippen MR) is 50.8 cm³/mol. The molecular weight excluding hydrogens is 196 g/mol. The highest BCUT2D eigenvalue weighted by Crippen LogP contribution is 1.80. The van der Waals surface area contributed by atoms with E-state index in [1.807, 2.05) is 0 Å². The van der Waals surface area contributed by atoms with Gasteiger partial charge in [-0.05, 0) is 0 Å². The van der Waals surface area contributed by atoms with Gasteiger partial charge in [0, 0.05) is 12.3 Å². The minimum atomic E-state index is -1.00. The van der Waals surface area contributed by atoms with Crippen LogP contribution in [0.1, 0.15) is 6.42 Å². The topological polar surface area (TPSA) is 127 Å². The van der Waals surface area contributed by atoms with Crippen molar-refractivity contribution in [3.63, 3.8) is 0 Å². The quantitative estimate of drug-likeness (QED) is 0.369. The van der Waals surface area contributed by atoms with Crippen molar-refractivity contribution >= 4 is 24.6 Å². The highest BCUT2D eigenvalue weighted by Gasteiger charge is 2.06. The zero-order valence-corrected chi connectivity index (χ0v) is 7.91. The van der Waals surface area contributed by atoms with E-state index >= 15 is 0 Å². The SMILES string of the molecule is NCCC(=O)O.N[C@@H](CS)C(=O)O. The summed E-state index contributed by atoms with van der Waals surface area (Å²) in [5.41, 5.74) is 9.79. The van der Waals surface area contributed by atoms with Crippen LogP contribution in [0.15, 0.2) is 0 Å². The maximum Gasteiger partial charge on any atom is 0.321 e. The molecule has 0 heterocycles. The summed E-state index contributed by atoms with van der Waals surface area (Å²) in [5.74, 6) is -1.65. The van der Waals surface area contributed by atoms with Crippen LogP contribution in [0.25, 0.3) is 0 Å². The van der Waals surface area contributed by atoms with Gasteiger partial charge in [0.05, 0.1) is 6.42 Å². The standard InChI is InChI=1S/C3H7NO2S.C3H7NO2/c4-2(1-7)3(5)6;4-2-1-3(5)6/h2,7H,1,4H2,(H,5,6);1-2,4H2,(H,5,6)/t2-;/m0./s1. The van der Waals surface area contributed by atoms with E-state index in [0.29, 0.717) is 0 Å². The molecule has 1 atom stereocenters. The van der Waals surface area contributed by atoms with Gasteiger partial charge < -0.3 is 21.7 Å². The lowest BCUT2D eigenvalue weighted by Gasteiger charge is -1.96. The molecule has 0 fully saturated rings. The molecule has 0 aliphatic rings. The normalized spacial score (nSPS) is 11.0. The van der Waals surface area contributed by atoms with Crippen LogP contribution in [0.4, 0.5) is 0 Å². The number of aliphatic carboxylic acids is 2. The Labute approximate surface area is 81.3 Å². The predicted octanol–water partition coefficient (Wildman–Crippen LogP) is -1.25. The first-order valence-electron chi connectivity index (χ1n) is 3.46. The molecule has 6 nitrogen and oxygen atoms in total. The fourth-order valence-electron chi connectivity index (χ4n) is 0.202. The second-order valence-electron chi connectivity index (χ2n) is 2.06. The molecule has 0 bridgehead atoms. The highest BCUT2D eigenvalue weighted by molar-refractivity contribution is 7.80. The van der Waals surface area contributed by atoms with Crippen LogP contribution < -0.4 is 11.5 Å². The fourth-order valence-corrected chi connectivity index (χ4v) is 0.358. The molecule has 78 valence electrons. The molecule has 0 aromatic heterocycles. The number of hydrogen-bond donors (Lipinski definition) is 5. The van der Waals surface area contributed by atoms with Crippen LogP contribution in [0, 0.1) is 0 Å². The van der Waals surface area contributed by atoms with Gasteiger partial charge in [0.25, 0.3) is 0 Å². The second kappa shape index (κ2) is 9.30. The number of rotatable bonds is 4. The minimum absolute atomic E-state index is 0.0694. The third kappa shape index (κ3) is 14.1. The van der Waals surface area contributed by atoms with E-state index in [4.69, 9.17) is 21.7 Å². The van der Waals surface area contributed by atoms with Gasteiger partial charge in [-0.25, -0.2) is 0 Å². The molecule has 0 amide bonds. The molecule has 0 radical (unpaired) electrons. The lowest BCUT2D eigenvalue weighted by Crippen LogP contribution is -2.31. The van der Waals surface area contributed by atoms with Gasteiger partial charge in [0.2, 0.25) is 0 Å². The molecular formula is C6H14N2O4S. The summed E-state index contributed by atoms with van der Waals surface area (Å²) in [7, 11) is 0. The summed E-state index contributed by atoms with van der Waals surface area (Å²) in [5, 5.41) is 15.8. The Bertz CT molecular complexity index is 165. The van der Waals surface area contributed by atoms with Gasteiger partial charge in [0.1, 0.15) is 6.04 Å². The average Bonchev–Trinajstić information content (AvgIpc) is 2.03. The van der Waals surface area contributed by atoms with Gasteiger partial charge in [-0.1, -0.05) is 0 Å². The minimum Gasteiger partial charge on any atom is -0.481 e. The van der Waals surface area contributed by atoms with Gasteiger partial charge in [-0.3, -0.25) is 9.59 Å². The second-order valence-corrected chi connectivity index (χ2v) is 2.42. The highest BCUT2D eigenvalue weighted by atomic mass is 32.1. The van der Waals surface area contributed by atoms with E-state index in [1.54, 1.807) is 0 Å². The summed E-state index contributed by atoms with van der Waals surface area (Å²) in [6.45, 7) is 0.231. The first-order valence-corrected chi connectivity index (χ1v) is 4.10. The molecule has 0 spiro atoms. The lowest BCUT2D eigenvalue weighted by molar-refractivity contribution is -0.138. The summed E-state index contributed by atoms with van der Waals surface area (Å²) >= 11 is 3.65. The van der Waals surface area contributed by atoms with Crippen molar-refractivity contribution in [2.75, 3.05) is 12.3 Å². The van der Waals surface area contributed by atoms with E-state index in [9.17, 15) is 9.59 Å². The average molecular weight is 210 g/mol. The molecule has 0 saturated heterocycles. The Kier molecular flexibility index (Phi) is 10.5. The van der Waals surface area contributed by atoms with Crippen molar-refractivity contribution in [2.45, 2.75) is 12.5 Å². The van der Waals surface area contributed by atoms with Crippen molar-refractivity contribution in [1.29, 1.82) is 0 Å². The molecule has 0 rings (SSSR count). The van der Waals surface area contributed by atoms with Crippen molar-refractivity contribution in [2.24, 2.45) is 11.5 Å². The monoisotopic (exact) mass is 210 g/mol. The molecule has 0 saturated carbocycles. The smallest absolute Gasteiger partial charge is 0.321 e. The number of thiol groups is 1. The van der Waals surface area contributed by atoms with Crippen molar-refractivity contribution in [3.05, 3.63) is 0 Å². The van der Waals surface area contributed by atoms with E-state index in [0.717, 1.165) is 0 Å². The number of nitrogens with two attached hydrogens (primary N) is 2. The zero-order chi connectivity index (χ0) is 10.9. The number of carbonyl (C=O) groups is 2. The number of carboxylic acids is 2. The van der Waals surface area contributed by atoms with Gasteiger partial charge in [-0.2, -0.15) is 12.6 Å². The Morgan fingerprint density at radius 1 is 1.38 bits per heavy atom. The summed E-state index contributed by atoms with van der Waals surface area (Å²) in [4.78, 5) is 19.3. The third-order valence-corrected chi connectivity index (χ3v) is 1.27. The molecule has 0 aliphatic heterocycles. The van der Waals surface area contributed by atoms with Crippen molar-refractivity contribution < 1.29 is 19.8 Å². The van der Waals surface area contributed by atoms with Crippen molar-refractivity contribution in [3.8, 4) is 0 Å². The van der Waals surface area contributed by atoms with E-state index < -0.39 is 18.0 Å². The Morgan fingerprint density at radius 2 is 1.85 bits per heavy atom. The van der Waals surface area contributed by atoms with Crippen LogP contribution >= 0.6 is 12.6 Å². The molecule has 0 aromatic rings. The summed E-state index contributed by atoms with van der Waals surface area (Å²) in [6, 6.07) is -0.816. The summed E-state index contributed by atoms with van der Waals surface area (Å²) in [6.07, 6.45) is 0.0694. The fraction of sp³-hybridized carbons (Fsp3) is 0.667. The van der Waals surface area contributed by atoms with Crippen LogP contribution in [-0.2, 0) is 9.59 Å². The Morgan fingerprint density at radius 3 is 1.85 bits per heavy atom. The largest absolute Gasteiger partial charge is 0.481 e. The summed E-state index contributed by atoms with van der Waals surface area (Å²) < 4.78 is 0. The van der Waals surface area contributed by atoms with Crippen molar-refractivity contribution in [1.82, 2.24) is 0 Å². The van der Waals surface area contributed by atoms with E-state index in [-0.39, 0.29) is 18.7 Å². The molecule has 0 aromatic carbocycles. The Balaban J connectivity index is 0. The van der Waals surface area contributed by atoms with Crippen LogP contribution in [0.3, 0.4) is 0 Å².